The molecule has 7 nitrogen and oxygen atoms in total. The third-order valence-corrected chi connectivity index (χ3v) is 4.50. The highest BCUT2D eigenvalue weighted by molar-refractivity contribution is 14.0. The Balaban J connectivity index is 0.00000529. The van der Waals surface area contributed by atoms with Crippen molar-refractivity contribution in [3.63, 3.8) is 0 Å². The number of nitrogens with one attached hydrogen (secondary N) is 2. The predicted molar refractivity (Wildman–Crippen MR) is 109 cm³/mol. The second kappa shape index (κ2) is 11.9. The maximum absolute atomic E-state index is 11.0. The zero-order valence-electron chi connectivity index (χ0n) is 15.2. The number of amides is 1. The van der Waals surface area contributed by atoms with E-state index in [9.17, 15) is 9.90 Å². The number of likely N-dealkylation sites (tertiary alicyclic amines) is 1. The van der Waals surface area contributed by atoms with Crippen molar-refractivity contribution in [1.82, 2.24) is 15.5 Å². The Morgan fingerprint density at radius 2 is 1.88 bits per heavy atom. The molecule has 0 atom stereocenters. The lowest BCUT2D eigenvalue weighted by atomic mass is 9.98. The zero-order chi connectivity index (χ0) is 17.3. The summed E-state index contributed by atoms with van der Waals surface area (Å²) < 4.78 is 0. The van der Waals surface area contributed by atoms with E-state index < -0.39 is 5.60 Å². The molecular formula is C16H34IN5O2. The number of hydrogen-bond donors (Lipinski definition) is 4. The summed E-state index contributed by atoms with van der Waals surface area (Å²) >= 11 is 0. The van der Waals surface area contributed by atoms with Crippen LogP contribution in [0.4, 0.5) is 0 Å². The molecule has 1 aliphatic rings. The molecule has 0 aliphatic carbocycles. The Morgan fingerprint density at radius 1 is 1.29 bits per heavy atom. The zero-order valence-corrected chi connectivity index (χ0v) is 17.5. The van der Waals surface area contributed by atoms with Gasteiger partial charge in [-0.15, -0.1) is 24.0 Å². The topological polar surface area (TPSA) is 103 Å². The average molecular weight is 455 g/mol. The van der Waals surface area contributed by atoms with Gasteiger partial charge in [-0.05, 0) is 32.6 Å². The van der Waals surface area contributed by atoms with Crippen molar-refractivity contribution >= 4 is 35.8 Å². The van der Waals surface area contributed by atoms with Crippen molar-refractivity contribution < 1.29 is 9.90 Å². The maximum Gasteiger partial charge on any atom is 0.231 e. The summed E-state index contributed by atoms with van der Waals surface area (Å²) in [4.78, 5) is 17.6. The summed E-state index contributed by atoms with van der Waals surface area (Å²) in [5.41, 5.74) is 4.51. The van der Waals surface area contributed by atoms with E-state index in [4.69, 9.17) is 5.73 Å². The van der Waals surface area contributed by atoms with Gasteiger partial charge in [-0.3, -0.25) is 14.7 Å². The second-order valence-corrected chi connectivity index (χ2v) is 6.29. The first-order chi connectivity index (χ1) is 10.9. The van der Waals surface area contributed by atoms with Crippen molar-refractivity contribution in [2.75, 3.05) is 32.7 Å². The number of carbonyl (C=O) groups excluding carboxylic acids is 1. The van der Waals surface area contributed by atoms with E-state index >= 15 is 0 Å². The largest absolute Gasteiger partial charge is 0.388 e. The SMILES string of the molecule is CCNC(=NCC(O)(CC)CC)NC1CCN(CC(N)=O)CC1.I. The summed E-state index contributed by atoms with van der Waals surface area (Å²) in [5.74, 6) is 0.478. The lowest BCUT2D eigenvalue weighted by Crippen LogP contribution is -2.50. The molecule has 1 amide bonds. The van der Waals surface area contributed by atoms with E-state index in [1.807, 2.05) is 20.8 Å². The fourth-order valence-electron chi connectivity index (χ4n) is 2.67. The van der Waals surface area contributed by atoms with Crippen LogP contribution in [-0.2, 0) is 4.79 Å². The number of nitrogens with zero attached hydrogens (tertiary/aromatic N) is 2. The first-order valence-corrected chi connectivity index (χ1v) is 8.70. The molecule has 8 heteroatoms. The van der Waals surface area contributed by atoms with Crippen LogP contribution in [0.5, 0.6) is 0 Å². The predicted octanol–water partition coefficient (Wildman–Crippen LogP) is 0.660. The Labute approximate surface area is 162 Å². The molecule has 24 heavy (non-hydrogen) atoms. The fraction of sp³-hybridized carbons (Fsp3) is 0.875. The van der Waals surface area contributed by atoms with Crippen LogP contribution >= 0.6 is 24.0 Å². The van der Waals surface area contributed by atoms with Crippen molar-refractivity contribution in [2.45, 2.75) is 58.1 Å². The number of aliphatic hydroxyl groups is 1. The van der Waals surface area contributed by atoms with E-state index in [1.54, 1.807) is 0 Å². The van der Waals surface area contributed by atoms with Gasteiger partial charge in [-0.1, -0.05) is 13.8 Å². The van der Waals surface area contributed by atoms with Crippen LogP contribution in [0.15, 0.2) is 4.99 Å². The quantitative estimate of drug-likeness (QED) is 0.245. The van der Waals surface area contributed by atoms with Crippen molar-refractivity contribution in [2.24, 2.45) is 10.7 Å². The summed E-state index contributed by atoms with van der Waals surface area (Å²) in [7, 11) is 0. The Kier molecular flexibility index (Phi) is 11.6. The summed E-state index contributed by atoms with van der Waals surface area (Å²) in [6.45, 7) is 9.21. The molecule has 1 rings (SSSR count). The van der Waals surface area contributed by atoms with Gasteiger partial charge in [-0.2, -0.15) is 0 Å². The standard InChI is InChI=1S/C16H33N5O2.HI/c1-4-16(23,5-2)12-19-15(18-6-3)20-13-7-9-21(10-8-13)11-14(17)22;/h13,23H,4-12H2,1-3H3,(H2,17,22)(H2,18,19,20);1H. The molecule has 5 N–H and O–H groups in total. The number of rotatable bonds is 8. The number of guanidine groups is 1. The average Bonchev–Trinajstić information content (AvgIpc) is 2.54. The van der Waals surface area contributed by atoms with Gasteiger partial charge < -0.3 is 21.5 Å². The van der Waals surface area contributed by atoms with Crippen molar-refractivity contribution in [1.29, 1.82) is 0 Å². The number of nitrogens with two attached hydrogens (primary N) is 1. The van der Waals surface area contributed by atoms with E-state index in [0.29, 0.717) is 32.0 Å². The molecule has 1 fully saturated rings. The van der Waals surface area contributed by atoms with E-state index in [0.717, 1.165) is 38.4 Å². The van der Waals surface area contributed by atoms with Gasteiger partial charge in [0.1, 0.15) is 0 Å². The minimum Gasteiger partial charge on any atom is -0.388 e. The Hall–Kier alpha value is -0.610. The molecule has 0 bridgehead atoms. The summed E-state index contributed by atoms with van der Waals surface area (Å²) in [6, 6.07) is 0.327. The molecule has 1 aliphatic heterocycles. The van der Waals surface area contributed by atoms with Gasteiger partial charge in [0.2, 0.25) is 5.91 Å². The highest BCUT2D eigenvalue weighted by Gasteiger charge is 2.23. The van der Waals surface area contributed by atoms with Crippen LogP contribution in [0, 0.1) is 0 Å². The van der Waals surface area contributed by atoms with Crippen LogP contribution < -0.4 is 16.4 Å². The van der Waals surface area contributed by atoms with Crippen LogP contribution in [0.2, 0.25) is 0 Å². The van der Waals surface area contributed by atoms with Gasteiger partial charge in [0.15, 0.2) is 5.96 Å². The normalized spacial score (nSPS) is 17.2. The number of aliphatic imine (C=N–C) groups is 1. The molecule has 0 aromatic carbocycles. The van der Waals surface area contributed by atoms with Crippen LogP contribution in [-0.4, -0.2) is 66.2 Å². The molecule has 142 valence electrons. The number of piperidine rings is 1. The molecule has 0 aromatic heterocycles. The summed E-state index contributed by atoms with van der Waals surface area (Å²) in [5, 5.41) is 17.0. The molecule has 0 saturated carbocycles. The number of halogens is 1. The fourth-order valence-corrected chi connectivity index (χ4v) is 2.67. The lowest BCUT2D eigenvalue weighted by Gasteiger charge is -2.32. The molecule has 0 unspecified atom stereocenters. The highest BCUT2D eigenvalue weighted by Crippen LogP contribution is 2.15. The van der Waals surface area contributed by atoms with E-state index in [-0.39, 0.29) is 29.9 Å². The molecule has 1 saturated heterocycles. The molecule has 0 radical (unpaired) electrons. The minimum absolute atomic E-state index is 0. The highest BCUT2D eigenvalue weighted by atomic mass is 127. The monoisotopic (exact) mass is 455 g/mol. The van der Waals surface area contributed by atoms with E-state index in [2.05, 4.69) is 20.5 Å². The number of hydrogen-bond acceptors (Lipinski definition) is 4. The summed E-state index contributed by atoms with van der Waals surface area (Å²) in [6.07, 6.45) is 3.28. The minimum atomic E-state index is -0.729. The van der Waals surface area contributed by atoms with Gasteiger partial charge in [0.25, 0.3) is 0 Å². The Bertz CT molecular complexity index is 394. The van der Waals surface area contributed by atoms with Crippen LogP contribution in [0.1, 0.15) is 46.5 Å². The van der Waals surface area contributed by atoms with Crippen molar-refractivity contribution in [3.05, 3.63) is 0 Å². The van der Waals surface area contributed by atoms with Crippen molar-refractivity contribution in [3.8, 4) is 0 Å². The van der Waals surface area contributed by atoms with E-state index in [1.165, 1.54) is 0 Å². The smallest absolute Gasteiger partial charge is 0.231 e. The van der Waals surface area contributed by atoms with Gasteiger partial charge >= 0.3 is 0 Å². The molecule has 0 spiro atoms. The molecular weight excluding hydrogens is 421 g/mol. The Morgan fingerprint density at radius 3 is 2.33 bits per heavy atom. The third-order valence-electron chi connectivity index (χ3n) is 4.50. The number of carbonyl (C=O) groups is 1. The first kappa shape index (κ1) is 23.4. The molecule has 0 aromatic rings. The van der Waals surface area contributed by atoms with Crippen LogP contribution in [0.25, 0.3) is 0 Å². The van der Waals surface area contributed by atoms with Gasteiger partial charge in [0.05, 0.1) is 18.7 Å². The molecule has 1 heterocycles. The first-order valence-electron chi connectivity index (χ1n) is 8.70. The van der Waals surface area contributed by atoms with Gasteiger partial charge in [0, 0.05) is 25.7 Å². The lowest BCUT2D eigenvalue weighted by molar-refractivity contribution is -0.119. The van der Waals surface area contributed by atoms with Crippen LogP contribution in [0.3, 0.4) is 0 Å². The number of primary amides is 1. The van der Waals surface area contributed by atoms with Gasteiger partial charge in [-0.25, -0.2) is 0 Å². The maximum atomic E-state index is 11.0. The third kappa shape index (κ3) is 8.48. The second-order valence-electron chi connectivity index (χ2n) is 6.29.